The predicted molar refractivity (Wildman–Crippen MR) is 133 cm³/mol. The van der Waals surface area contributed by atoms with E-state index in [0.29, 0.717) is 6.54 Å². The summed E-state index contributed by atoms with van der Waals surface area (Å²) in [6, 6.07) is 16.4. The van der Waals surface area contributed by atoms with Gasteiger partial charge in [0.15, 0.2) is 5.11 Å². The highest BCUT2D eigenvalue weighted by Crippen LogP contribution is 2.42. The zero-order valence-corrected chi connectivity index (χ0v) is 19.8. The van der Waals surface area contributed by atoms with Crippen LogP contribution in [0.3, 0.4) is 0 Å². The fraction of sp³-hybridized carbons (Fsp3) is 0.231. The van der Waals surface area contributed by atoms with Crippen LogP contribution < -0.4 is 5.32 Å². The van der Waals surface area contributed by atoms with Crippen molar-refractivity contribution in [3.05, 3.63) is 107 Å². The first-order valence-electron chi connectivity index (χ1n) is 11.0. The largest absolute Gasteiger partial charge is 0.352 e. The van der Waals surface area contributed by atoms with Crippen LogP contribution in [0.25, 0.3) is 5.82 Å². The van der Waals surface area contributed by atoms with Gasteiger partial charge in [-0.1, -0.05) is 12.1 Å². The molecule has 1 N–H and O–H groups in total. The summed E-state index contributed by atoms with van der Waals surface area (Å²) >= 11 is 5.84. The standard InChI is InChI=1S/C26H26N6S/c1-17-7-6-12-29-25(17)32-18(2)15-21(19(32)3)24-23(22-8-4-5-11-28-22)30-26(33)31(24)16-20-9-13-27-14-10-20/h4-15,23-24H,16H2,1-3H3,(H,30,33)/t23-,24-/m0/s1. The van der Waals surface area contributed by atoms with Crippen LogP contribution in [0.15, 0.2) is 73.3 Å². The highest BCUT2D eigenvalue weighted by atomic mass is 32.1. The average Bonchev–Trinajstić information content (AvgIpc) is 3.30. The van der Waals surface area contributed by atoms with Crippen molar-refractivity contribution < 1.29 is 0 Å². The number of aryl methyl sites for hydroxylation is 2. The van der Waals surface area contributed by atoms with Gasteiger partial charge in [-0.3, -0.25) is 9.97 Å². The number of nitrogens with zero attached hydrogens (tertiary/aromatic N) is 5. The molecule has 4 aromatic heterocycles. The lowest BCUT2D eigenvalue weighted by Crippen LogP contribution is -2.29. The Morgan fingerprint density at radius 2 is 1.73 bits per heavy atom. The topological polar surface area (TPSA) is 58.9 Å². The summed E-state index contributed by atoms with van der Waals surface area (Å²) in [6.07, 6.45) is 7.33. The van der Waals surface area contributed by atoms with Crippen molar-refractivity contribution in [3.8, 4) is 5.82 Å². The van der Waals surface area contributed by atoms with Gasteiger partial charge in [0.2, 0.25) is 0 Å². The van der Waals surface area contributed by atoms with E-state index in [-0.39, 0.29) is 12.1 Å². The number of pyridine rings is 3. The minimum atomic E-state index is -0.0562. The van der Waals surface area contributed by atoms with Crippen molar-refractivity contribution >= 4 is 17.3 Å². The number of hydrogen-bond acceptors (Lipinski definition) is 4. The highest BCUT2D eigenvalue weighted by molar-refractivity contribution is 7.80. The fourth-order valence-corrected chi connectivity index (χ4v) is 5.03. The van der Waals surface area contributed by atoms with Gasteiger partial charge in [0.05, 0.1) is 17.8 Å². The second-order valence-corrected chi connectivity index (χ2v) is 8.80. The van der Waals surface area contributed by atoms with E-state index in [4.69, 9.17) is 12.2 Å². The van der Waals surface area contributed by atoms with Gasteiger partial charge in [-0.05, 0) is 86.1 Å². The molecule has 1 fully saturated rings. The lowest BCUT2D eigenvalue weighted by Gasteiger charge is -2.28. The van der Waals surface area contributed by atoms with Crippen LogP contribution in [-0.4, -0.2) is 29.5 Å². The Morgan fingerprint density at radius 3 is 2.45 bits per heavy atom. The Labute approximate surface area is 199 Å². The molecule has 0 amide bonds. The molecule has 0 saturated carbocycles. The van der Waals surface area contributed by atoms with E-state index < -0.39 is 0 Å². The molecule has 1 aliphatic rings. The number of hydrogen-bond donors (Lipinski definition) is 1. The van der Waals surface area contributed by atoms with E-state index >= 15 is 0 Å². The van der Waals surface area contributed by atoms with E-state index in [9.17, 15) is 0 Å². The Bertz CT molecular complexity index is 1280. The molecule has 166 valence electrons. The average molecular weight is 455 g/mol. The summed E-state index contributed by atoms with van der Waals surface area (Å²) in [6.45, 7) is 7.08. The predicted octanol–water partition coefficient (Wildman–Crippen LogP) is 4.76. The van der Waals surface area contributed by atoms with Gasteiger partial charge in [-0.25, -0.2) is 4.98 Å². The Hall–Kier alpha value is -3.58. The molecule has 0 aromatic carbocycles. The Kier molecular flexibility index (Phi) is 5.64. The van der Waals surface area contributed by atoms with Crippen LogP contribution >= 0.6 is 12.2 Å². The van der Waals surface area contributed by atoms with E-state index in [1.165, 1.54) is 5.56 Å². The smallest absolute Gasteiger partial charge is 0.170 e. The van der Waals surface area contributed by atoms with Crippen molar-refractivity contribution in [2.45, 2.75) is 39.4 Å². The fourth-order valence-electron chi connectivity index (χ4n) is 4.72. The SMILES string of the molecule is Cc1cccnc1-n1c(C)cc([C@H]2[C@H](c3ccccn3)NC(=S)N2Cc2ccncc2)c1C. The van der Waals surface area contributed by atoms with E-state index in [0.717, 1.165) is 39.1 Å². The first kappa shape index (κ1) is 21.3. The lowest BCUT2D eigenvalue weighted by molar-refractivity contribution is 0.310. The molecular weight excluding hydrogens is 428 g/mol. The summed E-state index contributed by atoms with van der Waals surface area (Å²) in [4.78, 5) is 15.8. The van der Waals surface area contributed by atoms with Gasteiger partial charge >= 0.3 is 0 Å². The summed E-state index contributed by atoms with van der Waals surface area (Å²) < 4.78 is 2.24. The third-order valence-corrected chi connectivity index (χ3v) is 6.63. The molecule has 0 spiro atoms. The lowest BCUT2D eigenvalue weighted by atomic mass is 9.96. The monoisotopic (exact) mass is 454 g/mol. The van der Waals surface area contributed by atoms with Crippen LogP contribution in [0.2, 0.25) is 0 Å². The van der Waals surface area contributed by atoms with Gasteiger partial charge < -0.3 is 14.8 Å². The second kappa shape index (κ2) is 8.75. The molecule has 5 heterocycles. The maximum Gasteiger partial charge on any atom is 0.170 e. The number of rotatable bonds is 5. The third-order valence-electron chi connectivity index (χ3n) is 6.28. The van der Waals surface area contributed by atoms with Crippen LogP contribution in [0, 0.1) is 20.8 Å². The van der Waals surface area contributed by atoms with Crippen molar-refractivity contribution in [2.75, 3.05) is 0 Å². The number of aromatic nitrogens is 4. The molecular formula is C26H26N6S. The zero-order valence-electron chi connectivity index (χ0n) is 18.9. The van der Waals surface area contributed by atoms with Gasteiger partial charge in [0.25, 0.3) is 0 Å². The first-order valence-corrected chi connectivity index (χ1v) is 11.4. The Balaban J connectivity index is 1.63. The summed E-state index contributed by atoms with van der Waals surface area (Å²) in [5.41, 5.74) is 6.80. The van der Waals surface area contributed by atoms with Gasteiger partial charge in [0.1, 0.15) is 5.82 Å². The first-order chi connectivity index (χ1) is 16.0. The van der Waals surface area contributed by atoms with Crippen LogP contribution in [0.5, 0.6) is 0 Å². The molecule has 33 heavy (non-hydrogen) atoms. The summed E-state index contributed by atoms with van der Waals surface area (Å²) in [5, 5.41) is 4.28. The quantitative estimate of drug-likeness (QED) is 0.439. The Morgan fingerprint density at radius 1 is 0.939 bits per heavy atom. The van der Waals surface area contributed by atoms with Crippen molar-refractivity contribution in [2.24, 2.45) is 0 Å². The minimum Gasteiger partial charge on any atom is -0.352 e. The van der Waals surface area contributed by atoms with Crippen molar-refractivity contribution in [1.82, 2.24) is 29.7 Å². The maximum atomic E-state index is 5.84. The maximum absolute atomic E-state index is 5.84. The molecule has 2 atom stereocenters. The van der Waals surface area contributed by atoms with Gasteiger partial charge in [-0.15, -0.1) is 0 Å². The molecule has 1 aliphatic heterocycles. The van der Waals surface area contributed by atoms with E-state index in [1.54, 1.807) is 0 Å². The van der Waals surface area contributed by atoms with Crippen LogP contribution in [0.1, 0.15) is 45.9 Å². The van der Waals surface area contributed by atoms with E-state index in [2.05, 4.69) is 68.7 Å². The molecule has 0 aliphatic carbocycles. The molecule has 5 rings (SSSR count). The molecule has 0 bridgehead atoms. The van der Waals surface area contributed by atoms with Crippen LogP contribution in [0.4, 0.5) is 0 Å². The molecule has 7 heteroatoms. The van der Waals surface area contributed by atoms with Crippen molar-refractivity contribution in [1.29, 1.82) is 0 Å². The van der Waals surface area contributed by atoms with Crippen LogP contribution in [-0.2, 0) is 6.54 Å². The third kappa shape index (κ3) is 3.89. The van der Waals surface area contributed by atoms with Crippen molar-refractivity contribution in [3.63, 3.8) is 0 Å². The summed E-state index contributed by atoms with van der Waals surface area (Å²) in [5.74, 6) is 0.961. The minimum absolute atomic E-state index is 0.00969. The number of nitrogens with one attached hydrogen (secondary N) is 1. The molecule has 4 aromatic rings. The second-order valence-electron chi connectivity index (χ2n) is 8.42. The molecule has 1 saturated heterocycles. The molecule has 6 nitrogen and oxygen atoms in total. The van der Waals surface area contributed by atoms with E-state index in [1.807, 2.05) is 55.1 Å². The highest BCUT2D eigenvalue weighted by Gasteiger charge is 2.41. The van der Waals surface area contributed by atoms with Gasteiger partial charge in [-0.2, -0.15) is 0 Å². The van der Waals surface area contributed by atoms with Gasteiger partial charge in [0, 0.05) is 42.7 Å². The normalized spacial score (nSPS) is 17.9. The summed E-state index contributed by atoms with van der Waals surface area (Å²) in [7, 11) is 0. The molecule has 0 radical (unpaired) electrons. The number of thiocarbonyl (C=S) groups is 1. The zero-order chi connectivity index (χ0) is 22.9. The molecule has 0 unspecified atom stereocenters.